The Kier molecular flexibility index (Phi) is 7.69. The van der Waals surface area contributed by atoms with Gasteiger partial charge in [0.1, 0.15) is 22.3 Å². The number of para-hydroxylation sites is 2. The summed E-state index contributed by atoms with van der Waals surface area (Å²) in [6, 6.07) is 79.8. The number of benzene rings is 12. The summed E-state index contributed by atoms with van der Waals surface area (Å²) in [5, 5.41) is 17.0. The van der Waals surface area contributed by atoms with Gasteiger partial charge in [-0.15, -0.1) is 11.3 Å². The minimum Gasteiger partial charge on any atom is -0.456 e. The third-order valence-electron chi connectivity index (χ3n) is 14.3. The smallest absolute Gasteiger partial charge is 0.136 e. The first-order valence-electron chi connectivity index (χ1n) is 22.9. The van der Waals surface area contributed by atoms with E-state index in [1.807, 2.05) is 23.5 Å². The number of hydrogen-bond acceptors (Lipinski definition) is 3. The van der Waals surface area contributed by atoms with Crippen molar-refractivity contribution in [3.63, 3.8) is 0 Å². The molecule has 0 fully saturated rings. The lowest BCUT2D eigenvalue weighted by Gasteiger charge is -2.18. The first-order chi connectivity index (χ1) is 33.2. The van der Waals surface area contributed by atoms with E-state index >= 15 is 0 Å². The molecule has 0 radical (unpaired) electrons. The van der Waals surface area contributed by atoms with Gasteiger partial charge >= 0.3 is 0 Å². The van der Waals surface area contributed by atoms with E-state index in [-0.39, 0.29) is 0 Å². The molecule has 310 valence electrons. The first kappa shape index (κ1) is 36.8. The van der Waals surface area contributed by atoms with Gasteiger partial charge in [0.15, 0.2) is 0 Å². The molecular weight excluding hydrogens is 833 g/mol. The molecule has 0 aliphatic rings. The molecule has 0 atom stereocenters. The van der Waals surface area contributed by atoms with Crippen LogP contribution < -0.4 is 0 Å². The predicted molar refractivity (Wildman–Crippen MR) is 286 cm³/mol. The molecule has 15 aromatic rings. The number of furan rings is 2. The van der Waals surface area contributed by atoms with Crippen molar-refractivity contribution in [1.29, 1.82) is 0 Å². The highest BCUT2D eigenvalue weighted by Crippen LogP contribution is 2.50. The summed E-state index contributed by atoms with van der Waals surface area (Å²) in [5.74, 6) is 0. The zero-order valence-corrected chi connectivity index (χ0v) is 36.8. The van der Waals surface area contributed by atoms with E-state index in [0.717, 1.165) is 55.0 Å². The molecule has 12 aromatic carbocycles. The van der Waals surface area contributed by atoms with Crippen LogP contribution in [-0.4, -0.2) is 0 Å². The summed E-state index contributed by atoms with van der Waals surface area (Å²) in [7, 11) is 0. The monoisotopic (exact) mass is 868 g/mol. The fourth-order valence-corrected chi connectivity index (χ4v) is 12.7. The van der Waals surface area contributed by atoms with Gasteiger partial charge < -0.3 is 8.83 Å². The highest BCUT2D eigenvalue weighted by molar-refractivity contribution is 7.26. The van der Waals surface area contributed by atoms with Crippen LogP contribution in [0.25, 0.3) is 152 Å². The Morgan fingerprint density at radius 2 is 0.582 bits per heavy atom. The van der Waals surface area contributed by atoms with Crippen molar-refractivity contribution < 1.29 is 8.83 Å². The maximum Gasteiger partial charge on any atom is 0.136 e. The number of thiophene rings is 1. The molecule has 0 saturated carbocycles. The predicted octanol–water partition coefficient (Wildman–Crippen LogP) is 19.1. The maximum atomic E-state index is 6.43. The molecule has 67 heavy (non-hydrogen) atoms. The molecule has 0 unspecified atom stereocenters. The van der Waals surface area contributed by atoms with E-state index in [9.17, 15) is 0 Å². The van der Waals surface area contributed by atoms with Crippen molar-refractivity contribution in [1.82, 2.24) is 0 Å². The molecule has 0 aliphatic carbocycles. The van der Waals surface area contributed by atoms with Gasteiger partial charge in [-0.3, -0.25) is 0 Å². The van der Waals surface area contributed by atoms with Gasteiger partial charge in [0, 0.05) is 47.3 Å². The van der Waals surface area contributed by atoms with Crippen LogP contribution in [0.15, 0.2) is 227 Å². The molecule has 0 spiro atoms. The lowest BCUT2D eigenvalue weighted by molar-refractivity contribution is 0.668. The normalized spacial score (nSPS) is 12.2. The number of hydrogen-bond donors (Lipinski definition) is 0. The molecule has 0 saturated heterocycles. The Hall–Kier alpha value is -8.50. The minimum atomic E-state index is 0.906. The van der Waals surface area contributed by atoms with Crippen molar-refractivity contribution in [2.45, 2.75) is 0 Å². The molecule has 15 rings (SSSR count). The summed E-state index contributed by atoms with van der Waals surface area (Å²) in [6.07, 6.45) is 0. The van der Waals surface area contributed by atoms with E-state index in [0.29, 0.717) is 0 Å². The maximum absolute atomic E-state index is 6.43. The fourth-order valence-electron chi connectivity index (χ4n) is 11.4. The van der Waals surface area contributed by atoms with Crippen LogP contribution in [0.2, 0.25) is 0 Å². The zero-order valence-electron chi connectivity index (χ0n) is 36.0. The van der Waals surface area contributed by atoms with E-state index in [2.05, 4.69) is 206 Å². The molecule has 0 aliphatic heterocycles. The Bertz CT molecular complexity index is 4470. The van der Waals surface area contributed by atoms with E-state index < -0.39 is 0 Å². The zero-order chi connectivity index (χ0) is 43.7. The fraction of sp³-hybridized carbons (Fsp3) is 0. The van der Waals surface area contributed by atoms with Crippen molar-refractivity contribution in [3.05, 3.63) is 218 Å². The standard InChI is InChI=1S/C64H36O2S/c1-3-18-47-45(16-1)60(37-28-31-42-40-14-9-11-26-55(40)65-57(42)34-37)46-17-2-4-19-48(46)62(47)39-30-33-44-53-24-13-25-54(64(53)67-59(44)36-39)63-51-22-7-5-20-49(51)61(50-21-6-8-23-52(50)63)38-29-32-43-41-15-10-12-27-56(41)66-58(43)35-38/h1-36H. The van der Waals surface area contributed by atoms with Crippen molar-refractivity contribution in [2.24, 2.45) is 0 Å². The average Bonchev–Trinajstić information content (AvgIpc) is 4.07. The van der Waals surface area contributed by atoms with Crippen molar-refractivity contribution in [2.75, 3.05) is 0 Å². The van der Waals surface area contributed by atoms with Crippen LogP contribution in [0.3, 0.4) is 0 Å². The van der Waals surface area contributed by atoms with Crippen LogP contribution in [0.4, 0.5) is 0 Å². The minimum absolute atomic E-state index is 0.906. The average molecular weight is 869 g/mol. The van der Waals surface area contributed by atoms with Crippen LogP contribution in [0, 0.1) is 0 Å². The second-order valence-electron chi connectivity index (χ2n) is 17.8. The molecule has 3 aromatic heterocycles. The van der Waals surface area contributed by atoms with Gasteiger partial charge in [-0.25, -0.2) is 0 Å². The third kappa shape index (κ3) is 5.32. The van der Waals surface area contributed by atoms with E-state index in [4.69, 9.17) is 8.83 Å². The largest absolute Gasteiger partial charge is 0.456 e. The van der Waals surface area contributed by atoms with Gasteiger partial charge in [0.05, 0.1) is 0 Å². The Morgan fingerprint density at radius 1 is 0.239 bits per heavy atom. The number of rotatable bonds is 4. The molecular formula is C64H36O2S. The summed E-state index contributed by atoms with van der Waals surface area (Å²) in [6.45, 7) is 0. The lowest BCUT2D eigenvalue weighted by atomic mass is 9.85. The Balaban J connectivity index is 0.925. The summed E-state index contributed by atoms with van der Waals surface area (Å²) < 4.78 is 15.4. The van der Waals surface area contributed by atoms with E-state index in [1.54, 1.807) is 0 Å². The quantitative estimate of drug-likeness (QED) is 0.165. The summed E-state index contributed by atoms with van der Waals surface area (Å²) in [4.78, 5) is 0. The van der Waals surface area contributed by atoms with Gasteiger partial charge in [-0.2, -0.15) is 0 Å². The molecule has 0 N–H and O–H groups in total. The van der Waals surface area contributed by atoms with Crippen molar-refractivity contribution >= 4 is 118 Å². The van der Waals surface area contributed by atoms with E-state index in [1.165, 1.54) is 96.6 Å². The SMILES string of the molecule is c1ccc2c(c1)oc1cc(-c3c4ccccc4c(-c4ccc5c(c4)sc4c(-c6c7ccccc7c(-c7ccc8c(c7)oc7ccccc78)c7ccccc67)cccc45)c4ccccc34)ccc12. The molecule has 0 bridgehead atoms. The van der Waals surface area contributed by atoms with Gasteiger partial charge in [0.2, 0.25) is 0 Å². The van der Waals surface area contributed by atoms with Gasteiger partial charge in [-0.1, -0.05) is 176 Å². The van der Waals surface area contributed by atoms with Crippen LogP contribution in [0.1, 0.15) is 0 Å². The molecule has 2 nitrogen and oxygen atoms in total. The Labute approximate surface area is 388 Å². The Morgan fingerprint density at radius 3 is 1.03 bits per heavy atom. The van der Waals surface area contributed by atoms with Crippen LogP contribution >= 0.6 is 11.3 Å². The topological polar surface area (TPSA) is 26.3 Å². The molecule has 3 heterocycles. The van der Waals surface area contributed by atoms with Gasteiger partial charge in [0.25, 0.3) is 0 Å². The van der Waals surface area contributed by atoms with Crippen LogP contribution in [0.5, 0.6) is 0 Å². The van der Waals surface area contributed by atoms with Gasteiger partial charge in [-0.05, 0) is 124 Å². The first-order valence-corrected chi connectivity index (χ1v) is 23.7. The van der Waals surface area contributed by atoms with Crippen LogP contribution in [-0.2, 0) is 0 Å². The lowest BCUT2D eigenvalue weighted by Crippen LogP contribution is -1.91. The second kappa shape index (κ2) is 14.0. The number of fused-ring (bicyclic) bond motifs is 13. The second-order valence-corrected chi connectivity index (χ2v) is 18.8. The van der Waals surface area contributed by atoms with Crippen molar-refractivity contribution in [3.8, 4) is 44.5 Å². The molecule has 0 amide bonds. The third-order valence-corrected chi connectivity index (χ3v) is 15.5. The summed E-state index contributed by atoms with van der Waals surface area (Å²) >= 11 is 1.90. The highest BCUT2D eigenvalue weighted by Gasteiger charge is 2.22. The molecule has 3 heteroatoms. The highest BCUT2D eigenvalue weighted by atomic mass is 32.1. The summed E-state index contributed by atoms with van der Waals surface area (Å²) in [5.41, 5.74) is 13.4.